The Morgan fingerprint density at radius 2 is 2.11 bits per heavy atom. The van der Waals surface area contributed by atoms with Crippen LogP contribution in [-0.2, 0) is 13.6 Å². The van der Waals surface area contributed by atoms with E-state index in [9.17, 15) is 9.59 Å². The molecule has 4 rings (SSSR count). The summed E-state index contributed by atoms with van der Waals surface area (Å²) in [6, 6.07) is 7.37. The number of carbonyl (C=O) groups is 1. The van der Waals surface area contributed by atoms with E-state index in [-0.39, 0.29) is 23.1 Å². The van der Waals surface area contributed by atoms with Crippen molar-refractivity contribution in [1.29, 1.82) is 0 Å². The van der Waals surface area contributed by atoms with E-state index >= 15 is 0 Å². The summed E-state index contributed by atoms with van der Waals surface area (Å²) in [5, 5.41) is 0. The summed E-state index contributed by atoms with van der Waals surface area (Å²) in [7, 11) is 1.68. The first kappa shape index (κ1) is 17.5. The van der Waals surface area contributed by atoms with E-state index in [1.807, 2.05) is 30.5 Å². The molecule has 0 saturated carbocycles. The van der Waals surface area contributed by atoms with E-state index in [0.717, 1.165) is 30.7 Å². The Balaban J connectivity index is 1.66. The zero-order valence-corrected chi connectivity index (χ0v) is 15.6. The molecule has 0 unspecified atom stereocenters. The molecule has 0 aliphatic carbocycles. The normalized spacial score (nSPS) is 17.4. The van der Waals surface area contributed by atoms with Crippen molar-refractivity contribution in [3.05, 3.63) is 58.5 Å². The molecule has 0 spiro atoms. The van der Waals surface area contributed by atoms with Crippen LogP contribution in [0.4, 0.5) is 0 Å². The van der Waals surface area contributed by atoms with Gasteiger partial charge in [0.05, 0.1) is 11.0 Å². The van der Waals surface area contributed by atoms with Crippen LogP contribution in [0, 0.1) is 0 Å². The summed E-state index contributed by atoms with van der Waals surface area (Å²) >= 11 is 0. The first-order valence-corrected chi connectivity index (χ1v) is 9.36. The van der Waals surface area contributed by atoms with Gasteiger partial charge in [0.1, 0.15) is 5.82 Å². The molecule has 1 aliphatic rings. The second-order valence-electron chi connectivity index (χ2n) is 6.98. The molecular weight excluding hydrogens is 342 g/mol. The first-order valence-electron chi connectivity index (χ1n) is 9.36. The smallest absolute Gasteiger partial charge is 0.282 e. The quantitative estimate of drug-likeness (QED) is 0.713. The van der Waals surface area contributed by atoms with Crippen LogP contribution in [0.1, 0.15) is 42.0 Å². The number of fused-ring (bicyclic) bond motifs is 1. The van der Waals surface area contributed by atoms with Gasteiger partial charge in [-0.15, -0.1) is 0 Å². The second kappa shape index (κ2) is 6.98. The average molecular weight is 365 g/mol. The first-order chi connectivity index (χ1) is 13.1. The van der Waals surface area contributed by atoms with Crippen molar-refractivity contribution in [3.8, 4) is 0 Å². The van der Waals surface area contributed by atoms with E-state index in [4.69, 9.17) is 0 Å². The van der Waals surface area contributed by atoms with Crippen LogP contribution in [0.3, 0.4) is 0 Å². The maximum Gasteiger partial charge on any atom is 0.282 e. The van der Waals surface area contributed by atoms with Gasteiger partial charge in [0.15, 0.2) is 5.69 Å². The number of benzene rings is 1. The van der Waals surface area contributed by atoms with Gasteiger partial charge in [0.25, 0.3) is 11.5 Å². The fourth-order valence-electron chi connectivity index (χ4n) is 3.89. The summed E-state index contributed by atoms with van der Waals surface area (Å²) in [6.45, 7) is 4.14. The molecule has 3 heterocycles. The van der Waals surface area contributed by atoms with E-state index < -0.39 is 0 Å². The van der Waals surface area contributed by atoms with Gasteiger partial charge in [-0.05, 0) is 31.9 Å². The minimum atomic E-state index is -0.351. The molecule has 1 atom stereocenters. The monoisotopic (exact) mass is 365 g/mol. The lowest BCUT2D eigenvalue weighted by Crippen LogP contribution is -2.43. The Hall–Kier alpha value is -2.96. The highest BCUT2D eigenvalue weighted by Gasteiger charge is 2.30. The van der Waals surface area contributed by atoms with Gasteiger partial charge in [-0.2, -0.15) is 0 Å². The third kappa shape index (κ3) is 3.03. The van der Waals surface area contributed by atoms with Gasteiger partial charge >= 0.3 is 0 Å². The molecule has 0 N–H and O–H groups in total. The number of imidazole rings is 1. The highest BCUT2D eigenvalue weighted by molar-refractivity contribution is 5.94. The van der Waals surface area contributed by atoms with Crippen LogP contribution in [0.15, 0.2) is 41.5 Å². The molecule has 27 heavy (non-hydrogen) atoms. The Kier molecular flexibility index (Phi) is 4.51. The number of amides is 1. The summed E-state index contributed by atoms with van der Waals surface area (Å²) in [5.41, 5.74) is 1.02. The van der Waals surface area contributed by atoms with Crippen molar-refractivity contribution in [1.82, 2.24) is 24.0 Å². The molecule has 1 aromatic carbocycles. The van der Waals surface area contributed by atoms with Crippen molar-refractivity contribution in [3.63, 3.8) is 0 Å². The van der Waals surface area contributed by atoms with Crippen molar-refractivity contribution >= 4 is 16.9 Å². The molecule has 1 aliphatic heterocycles. The van der Waals surface area contributed by atoms with Crippen LogP contribution >= 0.6 is 0 Å². The molecular formula is C20H23N5O2. The minimum absolute atomic E-state index is 0.00400. The highest BCUT2D eigenvalue weighted by Crippen LogP contribution is 2.26. The number of likely N-dealkylation sites (tertiary alicyclic amines) is 1. The molecule has 7 nitrogen and oxygen atoms in total. The Morgan fingerprint density at radius 3 is 2.93 bits per heavy atom. The number of hydrogen-bond donors (Lipinski definition) is 0. The topological polar surface area (TPSA) is 73.0 Å². The van der Waals surface area contributed by atoms with Crippen molar-refractivity contribution in [2.24, 2.45) is 7.05 Å². The lowest BCUT2D eigenvalue weighted by atomic mass is 9.96. The Bertz CT molecular complexity index is 1050. The van der Waals surface area contributed by atoms with Crippen LogP contribution < -0.4 is 5.56 Å². The van der Waals surface area contributed by atoms with Gasteiger partial charge in [0.2, 0.25) is 0 Å². The largest absolute Gasteiger partial charge is 0.336 e. The van der Waals surface area contributed by atoms with Crippen LogP contribution in [-0.4, -0.2) is 43.0 Å². The lowest BCUT2D eigenvalue weighted by molar-refractivity contribution is 0.0695. The van der Waals surface area contributed by atoms with E-state index in [1.165, 1.54) is 4.57 Å². The Labute approximate surface area is 157 Å². The molecule has 3 aromatic rings. The standard InChI is InChI=1S/C20H23N5O2/c1-3-24-12-10-21-18(24)14-7-6-11-25(13-14)20(27)17-19(26)23(2)16-9-5-4-8-15(16)22-17/h4-5,8-10,12,14H,3,6-7,11,13H2,1-2H3/t14-/m0/s1. The third-order valence-electron chi connectivity index (χ3n) is 5.35. The van der Waals surface area contributed by atoms with Gasteiger partial charge in [-0.3, -0.25) is 9.59 Å². The third-order valence-corrected chi connectivity index (χ3v) is 5.35. The summed E-state index contributed by atoms with van der Waals surface area (Å²) in [6.07, 6.45) is 5.65. The summed E-state index contributed by atoms with van der Waals surface area (Å²) in [5.74, 6) is 0.900. The zero-order valence-electron chi connectivity index (χ0n) is 15.6. The predicted molar refractivity (Wildman–Crippen MR) is 103 cm³/mol. The average Bonchev–Trinajstić information content (AvgIpc) is 3.19. The number of para-hydroxylation sites is 2. The number of rotatable bonds is 3. The fourth-order valence-corrected chi connectivity index (χ4v) is 3.89. The second-order valence-corrected chi connectivity index (χ2v) is 6.98. The summed E-state index contributed by atoms with van der Waals surface area (Å²) < 4.78 is 3.62. The molecule has 7 heteroatoms. The summed E-state index contributed by atoms with van der Waals surface area (Å²) in [4.78, 5) is 36.5. The van der Waals surface area contributed by atoms with Gasteiger partial charge in [-0.1, -0.05) is 12.1 Å². The molecule has 140 valence electrons. The number of carbonyl (C=O) groups excluding carboxylic acids is 1. The maximum atomic E-state index is 13.1. The Morgan fingerprint density at radius 1 is 1.30 bits per heavy atom. The van der Waals surface area contributed by atoms with Gasteiger partial charge in [-0.25, -0.2) is 9.97 Å². The van der Waals surface area contributed by atoms with Crippen molar-refractivity contribution in [2.75, 3.05) is 13.1 Å². The molecule has 1 saturated heterocycles. The van der Waals surface area contributed by atoms with E-state index in [0.29, 0.717) is 18.6 Å². The lowest BCUT2D eigenvalue weighted by Gasteiger charge is -2.32. The van der Waals surface area contributed by atoms with Crippen molar-refractivity contribution < 1.29 is 4.79 Å². The number of hydrogen-bond acceptors (Lipinski definition) is 4. The van der Waals surface area contributed by atoms with Crippen molar-refractivity contribution in [2.45, 2.75) is 32.2 Å². The molecule has 0 radical (unpaired) electrons. The van der Waals surface area contributed by atoms with Crippen LogP contribution in [0.2, 0.25) is 0 Å². The SMILES string of the molecule is CCn1ccnc1[C@H]1CCCN(C(=O)c2nc3ccccc3n(C)c2=O)C1. The predicted octanol–water partition coefficient (Wildman–Crippen LogP) is 2.17. The number of aromatic nitrogens is 4. The number of aryl methyl sites for hydroxylation is 2. The zero-order chi connectivity index (χ0) is 19.0. The van der Waals surface area contributed by atoms with Crippen LogP contribution in [0.25, 0.3) is 11.0 Å². The van der Waals surface area contributed by atoms with E-state index in [2.05, 4.69) is 21.5 Å². The van der Waals surface area contributed by atoms with Gasteiger partial charge < -0.3 is 14.0 Å². The maximum absolute atomic E-state index is 13.1. The molecule has 0 bridgehead atoms. The van der Waals surface area contributed by atoms with E-state index in [1.54, 1.807) is 18.1 Å². The molecule has 1 fully saturated rings. The fraction of sp³-hybridized carbons (Fsp3) is 0.400. The highest BCUT2D eigenvalue weighted by atomic mass is 16.2. The van der Waals surface area contributed by atoms with Gasteiger partial charge in [0, 0.05) is 45.0 Å². The molecule has 1 amide bonds. The minimum Gasteiger partial charge on any atom is -0.336 e. The molecule has 2 aromatic heterocycles. The van der Waals surface area contributed by atoms with Crippen LogP contribution in [0.5, 0.6) is 0 Å². The number of piperidine rings is 1. The number of nitrogens with zero attached hydrogens (tertiary/aromatic N) is 5.